The van der Waals surface area contributed by atoms with E-state index in [1.807, 2.05) is 35.2 Å². The molecule has 2 amide bonds. The quantitative estimate of drug-likeness (QED) is 0.586. The van der Waals surface area contributed by atoms with Crippen molar-refractivity contribution in [3.8, 4) is 11.1 Å². The van der Waals surface area contributed by atoms with Gasteiger partial charge in [-0.05, 0) is 34.9 Å². The van der Waals surface area contributed by atoms with Crippen molar-refractivity contribution in [2.45, 2.75) is 18.6 Å². The molecule has 0 radical (unpaired) electrons. The fourth-order valence-electron chi connectivity index (χ4n) is 5.54. The van der Waals surface area contributed by atoms with Crippen molar-refractivity contribution >= 4 is 23.3 Å². The molecular weight excluding hydrogens is 412 g/mol. The van der Waals surface area contributed by atoms with Crippen LogP contribution in [0, 0.1) is 11.8 Å². The Hall–Kier alpha value is -3.83. The molecule has 2 fully saturated rings. The van der Waals surface area contributed by atoms with E-state index in [1.54, 1.807) is 30.3 Å². The Bertz CT molecular complexity index is 1270. The molecule has 3 aliphatic rings. The summed E-state index contributed by atoms with van der Waals surface area (Å²) in [7, 11) is 0. The van der Waals surface area contributed by atoms with Crippen molar-refractivity contribution in [1.29, 1.82) is 0 Å². The van der Waals surface area contributed by atoms with E-state index < -0.39 is 17.9 Å². The first-order chi connectivity index (χ1) is 16.1. The average Bonchev–Trinajstić information content (AvgIpc) is 3.24. The monoisotopic (exact) mass is 434 g/mol. The Morgan fingerprint density at radius 1 is 0.667 bits per heavy atom. The van der Waals surface area contributed by atoms with Gasteiger partial charge < -0.3 is 0 Å². The molecule has 3 aromatic rings. The minimum Gasteiger partial charge on any atom is -0.293 e. The number of fused-ring (bicyclic) bond motifs is 5. The van der Waals surface area contributed by atoms with Crippen molar-refractivity contribution in [2.24, 2.45) is 11.8 Å². The Balaban J connectivity index is 1.29. The molecule has 6 rings (SSSR count). The number of hydrogen-bond acceptors (Lipinski definition) is 4. The van der Waals surface area contributed by atoms with Gasteiger partial charge in [0.1, 0.15) is 0 Å². The van der Waals surface area contributed by atoms with Crippen LogP contribution in [0.5, 0.6) is 0 Å². The van der Waals surface area contributed by atoms with E-state index in [9.17, 15) is 14.4 Å². The molecule has 33 heavy (non-hydrogen) atoms. The highest BCUT2D eigenvalue weighted by Gasteiger charge is 2.64. The molecule has 0 N–H and O–H groups in total. The van der Waals surface area contributed by atoms with Crippen LogP contribution in [-0.4, -0.2) is 34.6 Å². The number of carbonyl (C=O) groups excluding carboxylic acids is 3. The van der Waals surface area contributed by atoms with Gasteiger partial charge in [0.15, 0.2) is 5.78 Å². The van der Waals surface area contributed by atoms with Gasteiger partial charge in [0.25, 0.3) is 0 Å². The number of imide groups is 1. The average molecular weight is 434 g/mol. The second-order valence-corrected chi connectivity index (χ2v) is 8.83. The van der Waals surface area contributed by atoms with Gasteiger partial charge >= 0.3 is 0 Å². The van der Waals surface area contributed by atoms with E-state index in [0.29, 0.717) is 12.2 Å². The molecule has 3 heterocycles. The van der Waals surface area contributed by atoms with Crippen molar-refractivity contribution in [3.05, 3.63) is 103 Å². The van der Waals surface area contributed by atoms with Crippen LogP contribution in [0.4, 0.5) is 5.69 Å². The van der Waals surface area contributed by atoms with Gasteiger partial charge in [0, 0.05) is 12.6 Å². The van der Waals surface area contributed by atoms with E-state index in [-0.39, 0.29) is 23.6 Å². The van der Waals surface area contributed by atoms with Gasteiger partial charge in [-0.1, -0.05) is 78.9 Å². The topological polar surface area (TPSA) is 57.7 Å². The van der Waals surface area contributed by atoms with Crippen LogP contribution in [0.3, 0.4) is 0 Å². The summed E-state index contributed by atoms with van der Waals surface area (Å²) >= 11 is 0. The molecule has 2 saturated heterocycles. The van der Waals surface area contributed by atoms with E-state index in [2.05, 4.69) is 36.4 Å². The number of carbonyl (C=O) groups is 3. The molecule has 0 saturated carbocycles. The first-order valence-electron chi connectivity index (χ1n) is 11.2. The summed E-state index contributed by atoms with van der Waals surface area (Å²) in [5.41, 5.74) is 3.89. The van der Waals surface area contributed by atoms with Crippen molar-refractivity contribution in [3.63, 3.8) is 0 Å². The van der Waals surface area contributed by atoms with Crippen LogP contribution in [-0.2, 0) is 20.9 Å². The predicted octanol–water partition coefficient (Wildman–Crippen LogP) is 3.85. The fourth-order valence-corrected chi connectivity index (χ4v) is 5.54. The molecule has 162 valence electrons. The minimum absolute atomic E-state index is 0.101. The molecule has 3 aromatic carbocycles. The lowest BCUT2D eigenvalue weighted by Crippen LogP contribution is -2.48. The van der Waals surface area contributed by atoms with Gasteiger partial charge in [-0.2, -0.15) is 0 Å². The Kier molecular flexibility index (Phi) is 4.59. The van der Waals surface area contributed by atoms with Gasteiger partial charge in [-0.15, -0.1) is 0 Å². The summed E-state index contributed by atoms with van der Waals surface area (Å²) < 4.78 is 0. The zero-order valence-electron chi connectivity index (χ0n) is 17.9. The third-order valence-corrected chi connectivity index (χ3v) is 7.04. The lowest BCUT2D eigenvalue weighted by atomic mass is 9.90. The van der Waals surface area contributed by atoms with Crippen LogP contribution >= 0.6 is 0 Å². The van der Waals surface area contributed by atoms with Crippen LogP contribution in [0.25, 0.3) is 11.1 Å². The molecule has 5 heteroatoms. The third-order valence-electron chi connectivity index (χ3n) is 7.04. The van der Waals surface area contributed by atoms with Crippen LogP contribution in [0.15, 0.2) is 97.1 Å². The van der Waals surface area contributed by atoms with E-state index in [4.69, 9.17) is 0 Å². The fraction of sp³-hybridized carbons (Fsp3) is 0.179. The first kappa shape index (κ1) is 19.8. The highest BCUT2D eigenvalue weighted by Crippen LogP contribution is 2.47. The maximum atomic E-state index is 13.4. The molecule has 0 aromatic heterocycles. The van der Waals surface area contributed by atoms with E-state index in [0.717, 1.165) is 16.7 Å². The zero-order chi connectivity index (χ0) is 22.5. The summed E-state index contributed by atoms with van der Waals surface area (Å²) in [5.74, 6) is -1.77. The molecule has 0 unspecified atom stereocenters. The minimum atomic E-state index is -0.645. The van der Waals surface area contributed by atoms with Crippen LogP contribution in [0.2, 0.25) is 0 Å². The SMILES string of the molecule is O=C1C=C[C@H]2[C@@H]3C(=O)N(c4ccccc4)C(=O)[C@@H]3[C@@H]1N2Cc1ccc(-c2ccccc2)cc1. The van der Waals surface area contributed by atoms with Crippen LogP contribution < -0.4 is 4.90 Å². The lowest BCUT2D eigenvalue weighted by Gasteiger charge is -2.33. The number of amides is 2. The van der Waals surface area contributed by atoms with E-state index >= 15 is 0 Å². The van der Waals surface area contributed by atoms with Gasteiger partial charge in [-0.3, -0.25) is 19.3 Å². The van der Waals surface area contributed by atoms with Crippen molar-refractivity contribution in [2.75, 3.05) is 4.90 Å². The summed E-state index contributed by atoms with van der Waals surface area (Å²) in [6, 6.07) is 26.5. The molecule has 0 aliphatic carbocycles. The Morgan fingerprint density at radius 3 is 1.97 bits per heavy atom. The summed E-state index contributed by atoms with van der Waals surface area (Å²) in [6.45, 7) is 0.513. The standard InChI is InChI=1S/C28H22N2O3/c31-23-16-15-22-24-25(28(33)30(27(24)32)21-9-5-2-6-10-21)26(23)29(22)17-18-11-13-20(14-12-18)19-7-3-1-4-8-19/h1-16,22,24-26H,17H2/t22-,24-,25-,26+/m0/s1. The highest BCUT2D eigenvalue weighted by atomic mass is 16.2. The number of para-hydroxylation sites is 1. The van der Waals surface area contributed by atoms with Crippen molar-refractivity contribution in [1.82, 2.24) is 4.90 Å². The third kappa shape index (κ3) is 3.08. The number of nitrogens with zero attached hydrogens (tertiary/aromatic N) is 2. The lowest BCUT2D eigenvalue weighted by molar-refractivity contribution is -0.129. The summed E-state index contributed by atoms with van der Waals surface area (Å²) in [5, 5.41) is 0. The Labute approximate surface area is 191 Å². The maximum absolute atomic E-state index is 13.4. The second kappa shape index (κ2) is 7.64. The summed E-state index contributed by atoms with van der Waals surface area (Å²) in [4.78, 5) is 43.0. The number of benzene rings is 3. The number of hydrogen-bond donors (Lipinski definition) is 0. The second-order valence-electron chi connectivity index (χ2n) is 8.83. The molecular formula is C28H22N2O3. The van der Waals surface area contributed by atoms with Gasteiger partial charge in [0.2, 0.25) is 11.8 Å². The van der Waals surface area contributed by atoms with Gasteiger partial charge in [-0.25, -0.2) is 4.90 Å². The molecule has 3 aliphatic heterocycles. The van der Waals surface area contributed by atoms with Gasteiger partial charge in [0.05, 0.1) is 23.6 Å². The Morgan fingerprint density at radius 2 is 1.27 bits per heavy atom. The number of ketones is 1. The smallest absolute Gasteiger partial charge is 0.239 e. The molecule has 5 nitrogen and oxygen atoms in total. The largest absolute Gasteiger partial charge is 0.293 e. The zero-order valence-corrected chi connectivity index (χ0v) is 17.9. The predicted molar refractivity (Wildman–Crippen MR) is 125 cm³/mol. The van der Waals surface area contributed by atoms with E-state index in [1.165, 1.54) is 4.90 Å². The highest BCUT2D eigenvalue weighted by molar-refractivity contribution is 6.24. The molecule has 0 spiro atoms. The number of anilines is 1. The van der Waals surface area contributed by atoms with Crippen LogP contribution in [0.1, 0.15) is 5.56 Å². The number of rotatable bonds is 4. The molecule has 2 bridgehead atoms. The molecule has 4 atom stereocenters. The normalized spacial score (nSPS) is 26.2. The maximum Gasteiger partial charge on any atom is 0.239 e. The first-order valence-corrected chi connectivity index (χ1v) is 11.2. The van der Waals surface area contributed by atoms with Crippen molar-refractivity contribution < 1.29 is 14.4 Å². The summed E-state index contributed by atoms with van der Waals surface area (Å²) in [6.07, 6.45) is 3.36.